The molecule has 0 bridgehead atoms. The zero-order valence-electron chi connectivity index (χ0n) is 18.9. The SMILES string of the molecule is CC(C)=CCC/C(C)=C/CC/C(=C/CC/C(C)=C/COCc1ccccc1)CO. The van der Waals surface area contributed by atoms with Crippen LogP contribution in [0.2, 0.25) is 0 Å². The minimum absolute atomic E-state index is 0.160. The molecule has 2 nitrogen and oxygen atoms in total. The van der Waals surface area contributed by atoms with Crippen LogP contribution in [0.1, 0.15) is 71.8 Å². The van der Waals surface area contributed by atoms with Crippen molar-refractivity contribution in [3.8, 4) is 0 Å². The second-order valence-corrected chi connectivity index (χ2v) is 8.02. The lowest BCUT2D eigenvalue weighted by Gasteiger charge is -2.05. The van der Waals surface area contributed by atoms with E-state index in [4.69, 9.17) is 4.74 Å². The van der Waals surface area contributed by atoms with Gasteiger partial charge in [-0.05, 0) is 77.4 Å². The zero-order valence-corrected chi connectivity index (χ0v) is 18.9. The standard InChI is InChI=1S/C27H40O2/c1-23(2)11-8-12-24(3)13-9-17-26(21-28)18-10-14-25(4)19-20-29-22-27-15-6-5-7-16-27/h5-7,11,13,15-16,18-19,28H,8-10,12,14,17,20-22H2,1-4H3/b24-13+,25-19+,26-18-. The van der Waals surface area contributed by atoms with Crippen molar-refractivity contribution in [3.05, 3.63) is 82.5 Å². The van der Waals surface area contributed by atoms with Crippen LogP contribution >= 0.6 is 0 Å². The first kappa shape index (κ1) is 25.1. The van der Waals surface area contributed by atoms with Gasteiger partial charge in [0.15, 0.2) is 0 Å². The highest BCUT2D eigenvalue weighted by Crippen LogP contribution is 2.14. The first-order valence-electron chi connectivity index (χ1n) is 10.9. The molecule has 2 heteroatoms. The lowest BCUT2D eigenvalue weighted by Crippen LogP contribution is -1.94. The molecule has 0 aliphatic rings. The number of aliphatic hydroxyl groups is 1. The average molecular weight is 397 g/mol. The van der Waals surface area contributed by atoms with Gasteiger partial charge in [0, 0.05) is 0 Å². The van der Waals surface area contributed by atoms with Gasteiger partial charge in [0.1, 0.15) is 0 Å². The van der Waals surface area contributed by atoms with Crippen molar-refractivity contribution >= 4 is 0 Å². The van der Waals surface area contributed by atoms with Crippen molar-refractivity contribution in [2.75, 3.05) is 13.2 Å². The maximum absolute atomic E-state index is 9.61. The Morgan fingerprint density at radius 1 is 0.793 bits per heavy atom. The minimum atomic E-state index is 0.160. The number of ether oxygens (including phenoxy) is 1. The van der Waals surface area contributed by atoms with Crippen molar-refractivity contribution in [3.63, 3.8) is 0 Å². The summed E-state index contributed by atoms with van der Waals surface area (Å²) in [5.74, 6) is 0. The highest BCUT2D eigenvalue weighted by atomic mass is 16.5. The van der Waals surface area contributed by atoms with Crippen LogP contribution in [-0.2, 0) is 11.3 Å². The van der Waals surface area contributed by atoms with Gasteiger partial charge < -0.3 is 9.84 Å². The van der Waals surface area contributed by atoms with E-state index in [9.17, 15) is 5.11 Å². The van der Waals surface area contributed by atoms with E-state index in [0.29, 0.717) is 13.2 Å². The highest BCUT2D eigenvalue weighted by Gasteiger charge is 1.97. The molecule has 0 saturated carbocycles. The molecular weight excluding hydrogens is 356 g/mol. The summed E-state index contributed by atoms with van der Waals surface area (Å²) in [6.07, 6.45) is 15.2. The zero-order chi connectivity index (χ0) is 21.3. The highest BCUT2D eigenvalue weighted by molar-refractivity contribution is 5.13. The van der Waals surface area contributed by atoms with Gasteiger partial charge in [-0.1, -0.05) is 71.4 Å². The van der Waals surface area contributed by atoms with Crippen molar-refractivity contribution in [2.45, 2.75) is 72.8 Å². The molecule has 1 N–H and O–H groups in total. The summed E-state index contributed by atoms with van der Waals surface area (Å²) in [4.78, 5) is 0. The van der Waals surface area contributed by atoms with Crippen LogP contribution in [0.5, 0.6) is 0 Å². The van der Waals surface area contributed by atoms with E-state index in [1.807, 2.05) is 18.2 Å². The van der Waals surface area contributed by atoms with Crippen LogP contribution in [0.3, 0.4) is 0 Å². The third-order valence-electron chi connectivity index (χ3n) is 4.89. The predicted octanol–water partition coefficient (Wildman–Crippen LogP) is 7.32. The molecule has 160 valence electrons. The van der Waals surface area contributed by atoms with E-state index < -0.39 is 0 Å². The smallest absolute Gasteiger partial charge is 0.0721 e. The molecular formula is C27H40O2. The fourth-order valence-corrected chi connectivity index (χ4v) is 3.00. The average Bonchev–Trinajstić information content (AvgIpc) is 2.70. The van der Waals surface area contributed by atoms with Crippen molar-refractivity contribution in [1.29, 1.82) is 0 Å². The van der Waals surface area contributed by atoms with Gasteiger partial charge in [-0.3, -0.25) is 0 Å². The summed E-state index contributed by atoms with van der Waals surface area (Å²) in [6, 6.07) is 10.2. The molecule has 0 radical (unpaired) electrons. The third-order valence-corrected chi connectivity index (χ3v) is 4.89. The van der Waals surface area contributed by atoms with E-state index in [-0.39, 0.29) is 6.61 Å². The number of hydrogen-bond acceptors (Lipinski definition) is 2. The molecule has 0 unspecified atom stereocenters. The Bertz CT molecular complexity index is 674. The first-order valence-corrected chi connectivity index (χ1v) is 10.9. The third kappa shape index (κ3) is 13.8. The molecule has 29 heavy (non-hydrogen) atoms. The molecule has 0 aliphatic carbocycles. The van der Waals surface area contributed by atoms with Crippen LogP contribution < -0.4 is 0 Å². The largest absolute Gasteiger partial charge is 0.392 e. The van der Waals surface area contributed by atoms with Gasteiger partial charge in [-0.25, -0.2) is 0 Å². The van der Waals surface area contributed by atoms with E-state index in [1.54, 1.807) is 0 Å². The summed E-state index contributed by atoms with van der Waals surface area (Å²) >= 11 is 0. The van der Waals surface area contributed by atoms with Crippen LogP contribution in [-0.4, -0.2) is 18.3 Å². The number of hydrogen-bond donors (Lipinski definition) is 1. The molecule has 0 aliphatic heterocycles. The van der Waals surface area contributed by atoms with Gasteiger partial charge in [0.2, 0.25) is 0 Å². The molecule has 0 saturated heterocycles. The lowest BCUT2D eigenvalue weighted by atomic mass is 10.0. The van der Waals surface area contributed by atoms with Crippen LogP contribution in [0.15, 0.2) is 76.9 Å². The Morgan fingerprint density at radius 3 is 2.07 bits per heavy atom. The number of rotatable bonds is 14. The van der Waals surface area contributed by atoms with Crippen LogP contribution in [0, 0.1) is 0 Å². The minimum Gasteiger partial charge on any atom is -0.392 e. The van der Waals surface area contributed by atoms with Gasteiger partial charge >= 0.3 is 0 Å². The first-order chi connectivity index (χ1) is 14.0. The van der Waals surface area contributed by atoms with Crippen LogP contribution in [0.25, 0.3) is 0 Å². The maximum Gasteiger partial charge on any atom is 0.0721 e. The monoisotopic (exact) mass is 396 g/mol. The van der Waals surface area contributed by atoms with Crippen molar-refractivity contribution < 1.29 is 9.84 Å². The quantitative estimate of drug-likeness (QED) is 0.264. The van der Waals surface area contributed by atoms with Gasteiger partial charge in [0.05, 0.1) is 19.8 Å². The second kappa shape index (κ2) is 16.0. The predicted molar refractivity (Wildman–Crippen MR) is 126 cm³/mol. The van der Waals surface area contributed by atoms with E-state index >= 15 is 0 Å². The van der Waals surface area contributed by atoms with Crippen molar-refractivity contribution in [1.82, 2.24) is 0 Å². The summed E-state index contributed by atoms with van der Waals surface area (Å²) in [5, 5.41) is 9.61. The molecule has 0 spiro atoms. The Hall–Kier alpha value is -1.90. The molecule has 0 heterocycles. The summed E-state index contributed by atoms with van der Waals surface area (Å²) in [6.45, 7) is 10.1. The Kier molecular flexibility index (Phi) is 13.8. The number of benzene rings is 1. The molecule has 1 aromatic carbocycles. The number of allylic oxidation sites excluding steroid dienone is 6. The number of aliphatic hydroxyl groups excluding tert-OH is 1. The topological polar surface area (TPSA) is 29.5 Å². The van der Waals surface area contributed by atoms with Gasteiger partial charge in [-0.2, -0.15) is 0 Å². The summed E-state index contributed by atoms with van der Waals surface area (Å²) < 4.78 is 5.71. The van der Waals surface area contributed by atoms with E-state index in [2.05, 4.69) is 64.1 Å². The van der Waals surface area contributed by atoms with E-state index in [0.717, 1.165) is 44.1 Å². The molecule has 1 rings (SSSR count). The fourth-order valence-electron chi connectivity index (χ4n) is 3.00. The van der Waals surface area contributed by atoms with E-state index in [1.165, 1.54) is 22.3 Å². The second-order valence-electron chi connectivity index (χ2n) is 8.02. The normalized spacial score (nSPS) is 12.9. The molecule has 0 aromatic heterocycles. The Morgan fingerprint density at radius 2 is 1.41 bits per heavy atom. The molecule has 0 fully saturated rings. The lowest BCUT2D eigenvalue weighted by molar-refractivity contribution is 0.148. The van der Waals surface area contributed by atoms with Crippen LogP contribution in [0.4, 0.5) is 0 Å². The van der Waals surface area contributed by atoms with Gasteiger partial charge in [0.25, 0.3) is 0 Å². The Labute approximate surface area is 178 Å². The fraction of sp³-hybridized carbons (Fsp3) is 0.481. The Balaban J connectivity index is 2.25. The summed E-state index contributed by atoms with van der Waals surface area (Å²) in [7, 11) is 0. The molecule has 0 atom stereocenters. The summed E-state index contributed by atoms with van der Waals surface area (Å²) in [5.41, 5.74) is 6.51. The molecule has 1 aromatic rings. The molecule has 0 amide bonds. The maximum atomic E-state index is 9.61. The van der Waals surface area contributed by atoms with Gasteiger partial charge in [-0.15, -0.1) is 0 Å². The van der Waals surface area contributed by atoms with Crippen molar-refractivity contribution in [2.24, 2.45) is 0 Å².